The van der Waals surface area contributed by atoms with Gasteiger partial charge in [0.1, 0.15) is 0 Å². The van der Waals surface area contributed by atoms with Crippen molar-refractivity contribution in [2.24, 2.45) is 0 Å². The van der Waals surface area contributed by atoms with E-state index in [0.717, 1.165) is 4.90 Å². The number of likely N-dealkylation sites (tertiary alicyclic amines) is 1. The van der Waals surface area contributed by atoms with Crippen LogP contribution in [0.1, 0.15) is 6.92 Å². The number of carbonyl (C=O) groups excluding carboxylic acids is 1. The van der Waals surface area contributed by atoms with Crippen LogP contribution in [0, 0.1) is 0 Å². The van der Waals surface area contributed by atoms with Gasteiger partial charge in [-0.15, -0.1) is 0 Å². The maximum atomic E-state index is 12.1. The quantitative estimate of drug-likeness (QED) is 0.717. The van der Waals surface area contributed by atoms with Crippen LogP contribution >= 0.6 is 22.6 Å². The van der Waals surface area contributed by atoms with Gasteiger partial charge < -0.3 is 10.1 Å². The highest BCUT2D eigenvalue weighted by Crippen LogP contribution is 2.35. The summed E-state index contributed by atoms with van der Waals surface area (Å²) >= 11 is 1.91. The van der Waals surface area contributed by atoms with Gasteiger partial charge in [-0.2, -0.15) is 13.2 Å². The van der Waals surface area contributed by atoms with Crippen LogP contribution in [0.3, 0.4) is 0 Å². The Kier molecular flexibility index (Phi) is 3.05. The lowest BCUT2D eigenvalue weighted by Crippen LogP contribution is -2.71. The molecule has 1 saturated heterocycles. The summed E-state index contributed by atoms with van der Waals surface area (Å²) in [6, 6.07) is 0. The number of nitrogens with one attached hydrogen (secondary N) is 1. The van der Waals surface area contributed by atoms with Crippen LogP contribution in [0.25, 0.3) is 0 Å². The van der Waals surface area contributed by atoms with Crippen molar-refractivity contribution in [3.05, 3.63) is 9.46 Å². The number of rotatable bonds is 1. The summed E-state index contributed by atoms with van der Waals surface area (Å²) in [4.78, 5) is 12.8. The van der Waals surface area contributed by atoms with Gasteiger partial charge in [0.15, 0.2) is 3.77 Å². The van der Waals surface area contributed by atoms with Crippen molar-refractivity contribution in [3.63, 3.8) is 0 Å². The number of hydrogen-bond donors (Lipinski definition) is 1. The summed E-state index contributed by atoms with van der Waals surface area (Å²) in [5.41, 5.74) is -0.545. The van der Waals surface area contributed by atoms with Gasteiger partial charge in [-0.3, -0.25) is 9.69 Å². The summed E-state index contributed by atoms with van der Waals surface area (Å²) in [5, 5.41) is 2.61. The van der Waals surface area contributed by atoms with Gasteiger partial charge in [0, 0.05) is 35.7 Å². The standard InChI is InChI=1S/C9H10F3IN2O2/c1-5-6(13)17-8(7(16)14-5)2-15(3-8)4-9(10,11)12/h2-4H2,1H3,(H,14,16). The molecule has 1 fully saturated rings. The van der Waals surface area contributed by atoms with Crippen LogP contribution in [-0.4, -0.2) is 42.2 Å². The van der Waals surface area contributed by atoms with Gasteiger partial charge in [-0.1, -0.05) is 0 Å². The summed E-state index contributed by atoms with van der Waals surface area (Å²) in [7, 11) is 0. The number of halogens is 4. The molecule has 1 amide bonds. The fourth-order valence-corrected chi connectivity index (χ4v) is 2.43. The molecule has 0 aromatic carbocycles. The zero-order chi connectivity index (χ0) is 12.8. The Hall–Kier alpha value is -0.510. The Labute approximate surface area is 109 Å². The van der Waals surface area contributed by atoms with E-state index in [4.69, 9.17) is 4.74 Å². The van der Waals surface area contributed by atoms with Crippen LogP contribution in [0.2, 0.25) is 0 Å². The van der Waals surface area contributed by atoms with Gasteiger partial charge in [0.25, 0.3) is 5.91 Å². The molecular formula is C9H10F3IN2O2. The molecule has 2 aliphatic heterocycles. The van der Waals surface area contributed by atoms with E-state index in [1.165, 1.54) is 0 Å². The monoisotopic (exact) mass is 362 g/mol. The molecule has 0 saturated carbocycles. The predicted molar refractivity (Wildman–Crippen MR) is 61.2 cm³/mol. The first-order valence-electron chi connectivity index (χ1n) is 4.88. The molecule has 0 bridgehead atoms. The van der Waals surface area contributed by atoms with Crippen LogP contribution in [0.4, 0.5) is 13.2 Å². The predicted octanol–water partition coefficient (Wildman–Crippen LogP) is 1.37. The van der Waals surface area contributed by atoms with Crippen LogP contribution in [0.5, 0.6) is 0 Å². The number of hydrogen-bond acceptors (Lipinski definition) is 3. The molecule has 0 aromatic heterocycles. The van der Waals surface area contributed by atoms with E-state index in [2.05, 4.69) is 5.32 Å². The number of alkyl halides is 3. The van der Waals surface area contributed by atoms with Crippen molar-refractivity contribution in [1.29, 1.82) is 0 Å². The lowest BCUT2D eigenvalue weighted by molar-refractivity contribution is -0.195. The number of carbonyl (C=O) groups is 1. The van der Waals surface area contributed by atoms with Crippen molar-refractivity contribution < 1.29 is 22.7 Å². The Bertz CT molecular complexity index is 388. The molecule has 0 atom stereocenters. The first-order chi connectivity index (χ1) is 7.72. The minimum Gasteiger partial charge on any atom is -0.467 e. The van der Waals surface area contributed by atoms with Gasteiger partial charge >= 0.3 is 6.18 Å². The van der Waals surface area contributed by atoms with Gasteiger partial charge in [0.05, 0.1) is 12.2 Å². The number of ether oxygens (including phenoxy) is 1. The highest BCUT2D eigenvalue weighted by molar-refractivity contribution is 14.1. The third-order valence-corrected chi connectivity index (χ3v) is 3.68. The van der Waals surface area contributed by atoms with Crippen LogP contribution in [-0.2, 0) is 9.53 Å². The molecule has 0 aliphatic carbocycles. The topological polar surface area (TPSA) is 41.6 Å². The molecule has 96 valence electrons. The highest BCUT2D eigenvalue weighted by atomic mass is 127. The Morgan fingerprint density at radius 1 is 1.53 bits per heavy atom. The summed E-state index contributed by atoms with van der Waals surface area (Å²) in [5.74, 6) is -0.367. The lowest BCUT2D eigenvalue weighted by Gasteiger charge is -2.49. The molecule has 0 aromatic rings. The second kappa shape index (κ2) is 4.01. The molecule has 2 rings (SSSR count). The molecular weight excluding hydrogens is 352 g/mol. The molecule has 1 spiro atoms. The second-order valence-electron chi connectivity index (χ2n) is 4.21. The fraction of sp³-hybridized carbons (Fsp3) is 0.667. The fourth-order valence-electron chi connectivity index (χ4n) is 1.88. The molecule has 8 heteroatoms. The summed E-state index contributed by atoms with van der Waals surface area (Å²) in [6.07, 6.45) is -4.24. The number of nitrogens with zero attached hydrogens (tertiary/aromatic N) is 1. The Morgan fingerprint density at radius 2 is 2.12 bits per heavy atom. The smallest absolute Gasteiger partial charge is 0.401 e. The zero-order valence-corrected chi connectivity index (χ0v) is 11.1. The normalized spacial score (nSPS) is 24.4. The lowest BCUT2D eigenvalue weighted by atomic mass is 9.91. The molecule has 2 heterocycles. The largest absolute Gasteiger partial charge is 0.467 e. The first kappa shape index (κ1) is 12.9. The molecule has 17 heavy (non-hydrogen) atoms. The van der Waals surface area contributed by atoms with Gasteiger partial charge in [0.2, 0.25) is 5.60 Å². The maximum Gasteiger partial charge on any atom is 0.401 e. The van der Waals surface area contributed by atoms with E-state index in [1.807, 2.05) is 22.6 Å². The maximum absolute atomic E-state index is 12.1. The Balaban J connectivity index is 2.00. The average molecular weight is 362 g/mol. The average Bonchev–Trinajstić information content (AvgIpc) is 2.09. The van der Waals surface area contributed by atoms with E-state index in [1.54, 1.807) is 6.92 Å². The summed E-state index contributed by atoms with van der Waals surface area (Å²) in [6.45, 7) is 0.611. The SMILES string of the molecule is CC1=C(I)OC2(CN(CC(F)(F)F)C2)C(=O)N1. The Morgan fingerprint density at radius 3 is 2.65 bits per heavy atom. The van der Waals surface area contributed by atoms with Crippen molar-refractivity contribution in [2.75, 3.05) is 19.6 Å². The number of allylic oxidation sites excluding steroid dienone is 1. The first-order valence-corrected chi connectivity index (χ1v) is 5.96. The third-order valence-electron chi connectivity index (χ3n) is 2.66. The van der Waals surface area contributed by atoms with Crippen molar-refractivity contribution >= 4 is 28.5 Å². The third kappa shape index (κ3) is 2.51. The minimum atomic E-state index is -4.24. The van der Waals surface area contributed by atoms with Crippen LogP contribution < -0.4 is 5.32 Å². The summed E-state index contributed by atoms with van der Waals surface area (Å²) < 4.78 is 42.3. The van der Waals surface area contributed by atoms with E-state index >= 15 is 0 Å². The molecule has 0 unspecified atom stereocenters. The molecule has 1 N–H and O–H groups in total. The zero-order valence-electron chi connectivity index (χ0n) is 8.90. The van der Waals surface area contributed by atoms with E-state index in [9.17, 15) is 18.0 Å². The van der Waals surface area contributed by atoms with Crippen LogP contribution in [0.15, 0.2) is 9.46 Å². The molecule has 4 nitrogen and oxygen atoms in total. The molecule has 0 radical (unpaired) electrons. The van der Waals surface area contributed by atoms with Crippen molar-refractivity contribution in [3.8, 4) is 0 Å². The van der Waals surface area contributed by atoms with Crippen molar-refractivity contribution in [2.45, 2.75) is 18.7 Å². The number of amides is 1. The van der Waals surface area contributed by atoms with E-state index < -0.39 is 18.3 Å². The van der Waals surface area contributed by atoms with Gasteiger partial charge in [-0.25, -0.2) is 0 Å². The molecule has 2 aliphatic rings. The highest BCUT2D eigenvalue weighted by Gasteiger charge is 2.55. The van der Waals surface area contributed by atoms with E-state index in [0.29, 0.717) is 9.46 Å². The second-order valence-corrected chi connectivity index (χ2v) is 5.19. The van der Waals surface area contributed by atoms with Gasteiger partial charge in [-0.05, 0) is 6.92 Å². The van der Waals surface area contributed by atoms with E-state index in [-0.39, 0.29) is 19.0 Å². The van der Waals surface area contributed by atoms with Crippen molar-refractivity contribution in [1.82, 2.24) is 10.2 Å². The minimum absolute atomic E-state index is 0.0296.